The molecule has 0 spiro atoms. The Morgan fingerprint density at radius 2 is 1.68 bits per heavy atom. The predicted octanol–water partition coefficient (Wildman–Crippen LogP) is 2.84. The molecule has 0 heterocycles. The third-order valence-electron chi connectivity index (χ3n) is 2.99. The van der Waals surface area contributed by atoms with Crippen LogP contribution in [0.1, 0.15) is 23.6 Å². The van der Waals surface area contributed by atoms with Crippen LogP contribution in [0.5, 0.6) is 0 Å². The predicted molar refractivity (Wildman–Crippen MR) is 63.6 cm³/mol. The molecular weight excluding hydrogens is 261 g/mol. The minimum Gasteiger partial charge on any atom is -0.380 e. The number of methoxy groups -OCH3 is 2. The molecule has 1 rings (SSSR count). The monoisotopic (exact) mass is 278 g/mol. The first-order valence-corrected chi connectivity index (χ1v) is 5.61. The van der Waals surface area contributed by atoms with Gasteiger partial charge in [-0.1, -0.05) is 6.07 Å². The fourth-order valence-corrected chi connectivity index (χ4v) is 2.09. The summed E-state index contributed by atoms with van der Waals surface area (Å²) in [6, 6.07) is 3.16. The number of ether oxygens (including phenoxy) is 2. The van der Waals surface area contributed by atoms with Gasteiger partial charge in [0.15, 0.2) is 6.29 Å². The lowest BCUT2D eigenvalue weighted by Crippen LogP contribution is -2.40. The van der Waals surface area contributed by atoms with Crippen molar-refractivity contribution in [1.82, 2.24) is 0 Å². The molecule has 1 N–H and O–H groups in total. The molecule has 0 aliphatic heterocycles. The van der Waals surface area contributed by atoms with Gasteiger partial charge in [0.25, 0.3) is 0 Å². The molecule has 0 aliphatic rings. The molecule has 1 aromatic rings. The summed E-state index contributed by atoms with van der Waals surface area (Å²) < 4.78 is 47.7. The lowest BCUT2D eigenvalue weighted by molar-refractivity contribution is -0.213. The van der Waals surface area contributed by atoms with Gasteiger partial charge in [-0.15, -0.1) is 0 Å². The van der Waals surface area contributed by atoms with Crippen molar-refractivity contribution < 1.29 is 27.8 Å². The number of benzene rings is 1. The van der Waals surface area contributed by atoms with Crippen molar-refractivity contribution in [1.29, 1.82) is 0 Å². The third-order valence-corrected chi connectivity index (χ3v) is 2.99. The van der Waals surface area contributed by atoms with Gasteiger partial charge in [0, 0.05) is 14.2 Å². The van der Waals surface area contributed by atoms with Crippen LogP contribution in [-0.2, 0) is 21.3 Å². The molecule has 0 saturated heterocycles. The van der Waals surface area contributed by atoms with Crippen molar-refractivity contribution in [3.05, 3.63) is 34.9 Å². The molecule has 0 aliphatic carbocycles. The van der Waals surface area contributed by atoms with Gasteiger partial charge in [0.1, 0.15) is 5.60 Å². The molecule has 108 valence electrons. The zero-order chi connectivity index (χ0) is 14.8. The molecule has 0 radical (unpaired) electrons. The van der Waals surface area contributed by atoms with Crippen molar-refractivity contribution in [3.8, 4) is 0 Å². The van der Waals surface area contributed by atoms with E-state index in [-0.39, 0.29) is 0 Å². The SMILES string of the molecule is COC(OC)C(C)(O)c1ccc(C(F)(F)F)cc1C. The van der Waals surface area contributed by atoms with Crippen LogP contribution in [0.4, 0.5) is 13.2 Å². The fraction of sp³-hybridized carbons (Fsp3) is 0.538. The second-order valence-electron chi connectivity index (χ2n) is 4.48. The highest BCUT2D eigenvalue weighted by molar-refractivity contribution is 5.36. The zero-order valence-corrected chi connectivity index (χ0v) is 11.2. The van der Waals surface area contributed by atoms with Crippen LogP contribution >= 0.6 is 0 Å². The maximum Gasteiger partial charge on any atom is 0.416 e. The summed E-state index contributed by atoms with van der Waals surface area (Å²) in [5, 5.41) is 10.4. The Labute approximate surface area is 110 Å². The summed E-state index contributed by atoms with van der Waals surface area (Å²) in [6.07, 6.45) is -5.38. The summed E-state index contributed by atoms with van der Waals surface area (Å²) >= 11 is 0. The van der Waals surface area contributed by atoms with Crippen molar-refractivity contribution in [3.63, 3.8) is 0 Å². The van der Waals surface area contributed by atoms with E-state index in [0.717, 1.165) is 12.1 Å². The topological polar surface area (TPSA) is 38.7 Å². The van der Waals surface area contributed by atoms with Crippen LogP contribution in [-0.4, -0.2) is 25.6 Å². The second-order valence-corrected chi connectivity index (χ2v) is 4.48. The van der Waals surface area contributed by atoms with Gasteiger partial charge in [-0.2, -0.15) is 13.2 Å². The van der Waals surface area contributed by atoms with Crippen molar-refractivity contribution in [2.75, 3.05) is 14.2 Å². The third kappa shape index (κ3) is 3.26. The van der Waals surface area contributed by atoms with Gasteiger partial charge >= 0.3 is 6.18 Å². The second kappa shape index (κ2) is 5.48. The highest BCUT2D eigenvalue weighted by Crippen LogP contribution is 2.34. The maximum atomic E-state index is 12.6. The Kier molecular flexibility index (Phi) is 4.60. The Morgan fingerprint density at radius 1 is 1.16 bits per heavy atom. The van der Waals surface area contributed by atoms with E-state index in [1.54, 1.807) is 0 Å². The van der Waals surface area contributed by atoms with Gasteiger partial charge in [-0.3, -0.25) is 0 Å². The van der Waals surface area contributed by atoms with Gasteiger partial charge in [0.05, 0.1) is 5.56 Å². The van der Waals surface area contributed by atoms with E-state index in [2.05, 4.69) is 0 Å². The smallest absolute Gasteiger partial charge is 0.380 e. The van der Waals surface area contributed by atoms with E-state index in [1.807, 2.05) is 0 Å². The largest absolute Gasteiger partial charge is 0.416 e. The lowest BCUT2D eigenvalue weighted by atomic mass is 9.90. The number of aryl methyl sites for hydroxylation is 1. The molecule has 0 fully saturated rings. The number of aliphatic hydroxyl groups is 1. The van der Waals surface area contributed by atoms with Crippen molar-refractivity contribution in [2.24, 2.45) is 0 Å². The van der Waals surface area contributed by atoms with Gasteiger partial charge < -0.3 is 14.6 Å². The van der Waals surface area contributed by atoms with Gasteiger partial charge in [0.2, 0.25) is 0 Å². The highest BCUT2D eigenvalue weighted by atomic mass is 19.4. The van der Waals surface area contributed by atoms with Crippen LogP contribution < -0.4 is 0 Å². The number of halogens is 3. The summed E-state index contributed by atoms with van der Waals surface area (Å²) in [5.74, 6) is 0. The molecule has 19 heavy (non-hydrogen) atoms. The quantitative estimate of drug-likeness (QED) is 0.861. The molecule has 3 nitrogen and oxygen atoms in total. The molecule has 1 atom stereocenters. The van der Waals surface area contributed by atoms with Crippen LogP contribution in [0.25, 0.3) is 0 Å². The molecule has 1 aromatic carbocycles. The minimum atomic E-state index is -4.41. The Morgan fingerprint density at radius 3 is 2.05 bits per heavy atom. The van der Waals surface area contributed by atoms with Crippen LogP contribution in [0.3, 0.4) is 0 Å². The number of rotatable bonds is 4. The first-order valence-electron chi connectivity index (χ1n) is 5.61. The molecule has 1 unspecified atom stereocenters. The minimum absolute atomic E-state index is 0.318. The first-order chi connectivity index (χ1) is 8.64. The van der Waals surface area contributed by atoms with Crippen molar-refractivity contribution in [2.45, 2.75) is 31.9 Å². The summed E-state index contributed by atoms with van der Waals surface area (Å²) in [5.41, 5.74) is -1.65. The summed E-state index contributed by atoms with van der Waals surface area (Å²) in [6.45, 7) is 2.93. The molecule has 0 amide bonds. The Balaban J connectivity index is 3.22. The average Bonchev–Trinajstić information content (AvgIpc) is 2.28. The summed E-state index contributed by atoms with van der Waals surface area (Å²) in [4.78, 5) is 0. The van der Waals surface area contributed by atoms with Crippen LogP contribution in [0.15, 0.2) is 18.2 Å². The first kappa shape index (κ1) is 15.9. The number of hydrogen-bond donors (Lipinski definition) is 1. The van der Waals surface area contributed by atoms with E-state index in [0.29, 0.717) is 11.1 Å². The molecule has 0 bridgehead atoms. The Bertz CT molecular complexity index is 437. The van der Waals surface area contributed by atoms with E-state index < -0.39 is 23.6 Å². The molecule has 0 saturated carbocycles. The van der Waals surface area contributed by atoms with E-state index in [4.69, 9.17) is 9.47 Å². The maximum absolute atomic E-state index is 12.6. The lowest BCUT2D eigenvalue weighted by Gasteiger charge is -2.32. The fourth-order valence-electron chi connectivity index (χ4n) is 2.09. The average molecular weight is 278 g/mol. The zero-order valence-electron chi connectivity index (χ0n) is 11.2. The van der Waals surface area contributed by atoms with Crippen LogP contribution in [0, 0.1) is 6.92 Å². The van der Waals surface area contributed by atoms with Crippen LogP contribution in [0.2, 0.25) is 0 Å². The highest BCUT2D eigenvalue weighted by Gasteiger charge is 2.37. The normalized spacial score (nSPS) is 15.6. The molecular formula is C13H17F3O3. The van der Waals surface area contributed by atoms with E-state index in [9.17, 15) is 18.3 Å². The van der Waals surface area contributed by atoms with Gasteiger partial charge in [-0.25, -0.2) is 0 Å². The van der Waals surface area contributed by atoms with E-state index in [1.165, 1.54) is 34.1 Å². The van der Waals surface area contributed by atoms with Crippen molar-refractivity contribution >= 4 is 0 Å². The summed E-state index contributed by atoms with van der Waals surface area (Å²) in [7, 11) is 2.70. The number of alkyl halides is 3. The number of hydrogen-bond acceptors (Lipinski definition) is 3. The van der Waals surface area contributed by atoms with Gasteiger partial charge in [-0.05, 0) is 37.1 Å². The molecule has 0 aromatic heterocycles. The van der Waals surface area contributed by atoms with E-state index >= 15 is 0 Å². The Hall–Kier alpha value is -1.11. The standard InChI is InChI=1S/C13H17F3O3/c1-8-7-9(13(14,15)16)5-6-10(8)12(2,17)11(18-3)19-4/h5-7,11,17H,1-4H3. The molecule has 6 heteroatoms.